The van der Waals surface area contributed by atoms with Crippen molar-refractivity contribution in [1.29, 1.82) is 0 Å². The Hall–Kier alpha value is -2.77. The lowest BCUT2D eigenvalue weighted by Crippen LogP contribution is -2.41. The molecular weight excluding hydrogens is 314 g/mol. The summed E-state index contributed by atoms with van der Waals surface area (Å²) in [5.41, 5.74) is -0.869. The molecule has 0 aromatic heterocycles. The van der Waals surface area contributed by atoms with Gasteiger partial charge in [-0.3, -0.25) is 29.4 Å². The molecule has 0 radical (unpaired) electrons. The molecule has 8 nitrogen and oxygen atoms in total. The number of hydrogen-bond acceptors (Lipinski definition) is 5. The molecule has 0 spiro atoms. The van der Waals surface area contributed by atoms with Crippen LogP contribution in [0.15, 0.2) is 18.2 Å². The molecule has 1 N–H and O–H groups in total. The monoisotopic (exact) mass is 333 g/mol. The third-order valence-corrected chi connectivity index (χ3v) is 3.47. The van der Waals surface area contributed by atoms with E-state index in [1.165, 1.54) is 18.2 Å². The number of carbonyl (C=O) groups excluding carboxylic acids is 3. The Morgan fingerprint density at radius 1 is 1.25 bits per heavy atom. The fraction of sp³-hybridized carbons (Fsp3) is 0.438. The van der Waals surface area contributed by atoms with Gasteiger partial charge in [-0.15, -0.1) is 0 Å². The van der Waals surface area contributed by atoms with Crippen molar-refractivity contribution >= 4 is 23.4 Å². The summed E-state index contributed by atoms with van der Waals surface area (Å²) < 4.78 is 0. The van der Waals surface area contributed by atoms with E-state index in [9.17, 15) is 24.5 Å². The molecule has 24 heavy (non-hydrogen) atoms. The molecule has 0 saturated heterocycles. The highest BCUT2D eigenvalue weighted by Gasteiger charge is 2.40. The molecule has 2 rings (SSSR count). The van der Waals surface area contributed by atoms with Crippen molar-refractivity contribution in [3.8, 4) is 0 Å². The molecule has 1 aromatic carbocycles. The van der Waals surface area contributed by atoms with E-state index < -0.39 is 16.7 Å². The highest BCUT2D eigenvalue weighted by atomic mass is 16.6. The molecule has 0 atom stereocenters. The van der Waals surface area contributed by atoms with Gasteiger partial charge in [-0.05, 0) is 33.3 Å². The molecule has 8 heteroatoms. The third-order valence-electron chi connectivity index (χ3n) is 3.47. The van der Waals surface area contributed by atoms with Crippen LogP contribution >= 0.6 is 0 Å². The number of nitrogens with one attached hydrogen (secondary N) is 1. The van der Waals surface area contributed by atoms with Crippen LogP contribution in [-0.4, -0.2) is 39.6 Å². The molecule has 1 aliphatic heterocycles. The maximum Gasteiger partial charge on any atom is 0.282 e. The SMILES string of the molecule is CC(C)(C)NC(=O)CCCN1C(=O)c2cccc([N+](=O)[O-])c2C1=O. The first-order chi connectivity index (χ1) is 11.1. The van der Waals surface area contributed by atoms with Crippen molar-refractivity contribution in [2.75, 3.05) is 6.54 Å². The van der Waals surface area contributed by atoms with Gasteiger partial charge >= 0.3 is 0 Å². The minimum absolute atomic E-state index is 0.0355. The van der Waals surface area contributed by atoms with E-state index in [2.05, 4.69) is 5.32 Å². The van der Waals surface area contributed by atoms with E-state index in [4.69, 9.17) is 0 Å². The molecule has 0 bridgehead atoms. The van der Waals surface area contributed by atoms with Crippen molar-refractivity contribution in [2.24, 2.45) is 0 Å². The van der Waals surface area contributed by atoms with Crippen LogP contribution in [-0.2, 0) is 4.79 Å². The number of benzene rings is 1. The van der Waals surface area contributed by atoms with Gasteiger partial charge in [0.2, 0.25) is 5.91 Å². The zero-order valence-corrected chi connectivity index (χ0v) is 13.8. The molecule has 1 aliphatic rings. The van der Waals surface area contributed by atoms with Crippen molar-refractivity contribution in [3.63, 3.8) is 0 Å². The molecule has 3 amide bonds. The second kappa shape index (κ2) is 6.38. The Bertz CT molecular complexity index is 721. The van der Waals surface area contributed by atoms with Gasteiger partial charge in [0.05, 0.1) is 10.5 Å². The van der Waals surface area contributed by atoms with Crippen LogP contribution < -0.4 is 5.32 Å². The topological polar surface area (TPSA) is 110 Å². The second-order valence-electron chi connectivity index (χ2n) is 6.62. The van der Waals surface area contributed by atoms with Crippen molar-refractivity contribution in [3.05, 3.63) is 39.4 Å². The van der Waals surface area contributed by atoms with Crippen LogP contribution in [0.25, 0.3) is 0 Å². The number of carbonyl (C=O) groups is 3. The van der Waals surface area contributed by atoms with Gasteiger partial charge in [0, 0.05) is 24.6 Å². The second-order valence-corrected chi connectivity index (χ2v) is 6.62. The first kappa shape index (κ1) is 17.6. The highest BCUT2D eigenvalue weighted by molar-refractivity contribution is 6.23. The van der Waals surface area contributed by atoms with E-state index in [1.807, 2.05) is 20.8 Å². The first-order valence-corrected chi connectivity index (χ1v) is 7.56. The van der Waals surface area contributed by atoms with Crippen molar-refractivity contribution in [1.82, 2.24) is 10.2 Å². The third kappa shape index (κ3) is 3.58. The Morgan fingerprint density at radius 3 is 2.50 bits per heavy atom. The summed E-state index contributed by atoms with van der Waals surface area (Å²) in [6.45, 7) is 5.61. The Balaban J connectivity index is 2.05. The Kier molecular flexibility index (Phi) is 4.68. The summed E-state index contributed by atoms with van der Waals surface area (Å²) in [5.74, 6) is -1.42. The van der Waals surface area contributed by atoms with Crippen LogP contribution in [0.2, 0.25) is 0 Å². The number of imide groups is 1. The number of hydrogen-bond donors (Lipinski definition) is 1. The average molecular weight is 333 g/mol. The Morgan fingerprint density at radius 2 is 1.92 bits per heavy atom. The van der Waals surface area contributed by atoms with Gasteiger partial charge in [-0.2, -0.15) is 0 Å². The number of nitrogens with zero attached hydrogens (tertiary/aromatic N) is 2. The maximum atomic E-state index is 12.3. The lowest BCUT2D eigenvalue weighted by molar-refractivity contribution is -0.385. The predicted molar refractivity (Wildman–Crippen MR) is 85.6 cm³/mol. The summed E-state index contributed by atoms with van der Waals surface area (Å²) in [6.07, 6.45) is 0.452. The molecule has 0 fully saturated rings. The van der Waals surface area contributed by atoms with Gasteiger partial charge in [0.15, 0.2) is 0 Å². The number of fused-ring (bicyclic) bond motifs is 1. The van der Waals surface area contributed by atoms with Gasteiger partial charge in [-0.1, -0.05) is 6.07 Å². The molecule has 128 valence electrons. The van der Waals surface area contributed by atoms with E-state index in [0.29, 0.717) is 6.42 Å². The summed E-state index contributed by atoms with van der Waals surface area (Å²) in [6, 6.07) is 3.97. The van der Waals surface area contributed by atoms with Crippen molar-refractivity contribution in [2.45, 2.75) is 39.2 Å². The number of nitro groups is 1. The summed E-state index contributed by atoms with van der Waals surface area (Å²) >= 11 is 0. The standard InChI is InChI=1S/C16H19N3O5/c1-16(2,3)17-12(20)8-5-9-18-14(21)10-6-4-7-11(19(23)24)13(10)15(18)22/h4,6-7H,5,8-9H2,1-3H3,(H,17,20). The summed E-state index contributed by atoms with van der Waals surface area (Å²) in [5, 5.41) is 13.8. The lowest BCUT2D eigenvalue weighted by atomic mass is 10.1. The first-order valence-electron chi connectivity index (χ1n) is 7.56. The fourth-order valence-electron chi connectivity index (χ4n) is 2.55. The van der Waals surface area contributed by atoms with Crippen molar-refractivity contribution < 1.29 is 19.3 Å². The molecule has 0 unspecified atom stereocenters. The van der Waals surface area contributed by atoms with E-state index in [-0.39, 0.29) is 41.2 Å². The number of rotatable bonds is 5. The maximum absolute atomic E-state index is 12.3. The number of amides is 3. The smallest absolute Gasteiger partial charge is 0.282 e. The lowest BCUT2D eigenvalue weighted by Gasteiger charge is -2.21. The van der Waals surface area contributed by atoms with Gasteiger partial charge in [0.25, 0.3) is 17.5 Å². The molecule has 1 aromatic rings. The quantitative estimate of drug-likeness (QED) is 0.502. The predicted octanol–water partition coefficient (Wildman–Crippen LogP) is 1.89. The fourth-order valence-corrected chi connectivity index (χ4v) is 2.55. The minimum atomic E-state index is -0.682. The van der Waals surface area contributed by atoms with Crippen LogP contribution in [0.3, 0.4) is 0 Å². The average Bonchev–Trinajstić information content (AvgIpc) is 2.70. The Labute approximate surface area is 139 Å². The highest BCUT2D eigenvalue weighted by Crippen LogP contribution is 2.30. The van der Waals surface area contributed by atoms with E-state index in [0.717, 1.165) is 4.90 Å². The van der Waals surface area contributed by atoms with Crippen LogP contribution in [0.1, 0.15) is 54.3 Å². The van der Waals surface area contributed by atoms with Crippen LogP contribution in [0.4, 0.5) is 5.69 Å². The number of nitro benzene ring substituents is 1. The van der Waals surface area contributed by atoms with E-state index >= 15 is 0 Å². The van der Waals surface area contributed by atoms with Gasteiger partial charge in [0.1, 0.15) is 5.56 Å². The normalized spacial score (nSPS) is 13.9. The zero-order valence-electron chi connectivity index (χ0n) is 13.8. The minimum Gasteiger partial charge on any atom is -0.352 e. The molecule has 1 heterocycles. The molecule has 0 aliphatic carbocycles. The molecular formula is C16H19N3O5. The van der Waals surface area contributed by atoms with Gasteiger partial charge in [-0.25, -0.2) is 0 Å². The summed E-state index contributed by atoms with van der Waals surface area (Å²) in [4.78, 5) is 47.7. The van der Waals surface area contributed by atoms with E-state index in [1.54, 1.807) is 0 Å². The van der Waals surface area contributed by atoms with Gasteiger partial charge < -0.3 is 5.32 Å². The summed E-state index contributed by atoms with van der Waals surface area (Å²) in [7, 11) is 0. The van der Waals surface area contributed by atoms with Crippen LogP contribution in [0.5, 0.6) is 0 Å². The molecule has 0 saturated carbocycles. The van der Waals surface area contributed by atoms with Crippen LogP contribution in [0, 0.1) is 10.1 Å². The zero-order chi connectivity index (χ0) is 18.1. The largest absolute Gasteiger partial charge is 0.352 e.